The Kier molecular flexibility index (Phi) is 3.97. The van der Waals surface area contributed by atoms with Gasteiger partial charge in [-0.05, 0) is 53.4 Å². The number of hydrogen-bond acceptors (Lipinski definition) is 3. The Morgan fingerprint density at radius 3 is 2.60 bits per heavy atom. The molecule has 2 atom stereocenters. The third kappa shape index (κ3) is 2.61. The third-order valence-corrected chi connectivity index (χ3v) is 6.22. The minimum atomic E-state index is -0.982. The number of aromatic carboxylic acids is 1. The van der Waals surface area contributed by atoms with Crippen LogP contribution in [0.25, 0.3) is 0 Å². The molecule has 3 aromatic rings. The lowest BCUT2D eigenvalue weighted by Crippen LogP contribution is -2.32. The molecule has 5 heteroatoms. The molecule has 3 aromatic carbocycles. The van der Waals surface area contributed by atoms with Crippen molar-refractivity contribution in [2.45, 2.75) is 24.3 Å². The highest BCUT2D eigenvalue weighted by atomic mass is 16.4. The summed E-state index contributed by atoms with van der Waals surface area (Å²) in [5.41, 5.74) is 4.00. The molecule has 1 spiro atoms. The SMILES string of the molecule is N#Cc1ccc(C2C[C@@]23C(=O)N(Cc2cccc(C(=O)O)c2)c2ccccc23)cc1. The summed E-state index contributed by atoms with van der Waals surface area (Å²) < 4.78 is 0. The first kappa shape index (κ1) is 18.1. The normalized spacial score (nSPS) is 21.4. The molecule has 1 aliphatic heterocycles. The van der Waals surface area contributed by atoms with E-state index in [9.17, 15) is 14.7 Å². The van der Waals surface area contributed by atoms with Crippen molar-refractivity contribution in [2.75, 3.05) is 4.90 Å². The quantitative estimate of drug-likeness (QED) is 0.718. The summed E-state index contributed by atoms with van der Waals surface area (Å²) in [4.78, 5) is 26.7. The fraction of sp³-hybridized carbons (Fsp3) is 0.160. The van der Waals surface area contributed by atoms with Crippen LogP contribution in [0.15, 0.2) is 72.8 Å². The van der Waals surface area contributed by atoms with Crippen molar-refractivity contribution < 1.29 is 14.7 Å². The van der Waals surface area contributed by atoms with Gasteiger partial charge in [-0.2, -0.15) is 5.26 Å². The fourth-order valence-electron chi connectivity index (χ4n) is 4.68. The molecule has 0 bridgehead atoms. The van der Waals surface area contributed by atoms with E-state index in [0.29, 0.717) is 12.1 Å². The van der Waals surface area contributed by atoms with Crippen LogP contribution in [0.5, 0.6) is 0 Å². The molecule has 146 valence electrons. The Labute approximate surface area is 173 Å². The van der Waals surface area contributed by atoms with Gasteiger partial charge in [0.1, 0.15) is 0 Å². The van der Waals surface area contributed by atoms with Gasteiger partial charge in [0.25, 0.3) is 0 Å². The number of nitriles is 1. The standard InChI is InChI=1S/C25H18N2O3/c26-14-16-8-10-18(11-9-16)21-13-25(21)20-6-1-2-7-22(20)27(24(25)30)15-17-4-3-5-19(12-17)23(28)29/h1-12,21H,13,15H2,(H,28,29)/t21?,25-/m0/s1. The van der Waals surface area contributed by atoms with Crippen LogP contribution in [0.4, 0.5) is 5.69 Å². The Balaban J connectivity index is 1.50. The fourth-order valence-corrected chi connectivity index (χ4v) is 4.68. The summed E-state index contributed by atoms with van der Waals surface area (Å²) in [5, 5.41) is 18.3. The van der Waals surface area contributed by atoms with E-state index in [4.69, 9.17) is 5.26 Å². The Hall–Kier alpha value is -3.91. The lowest BCUT2D eigenvalue weighted by molar-refractivity contribution is -0.120. The molecule has 0 saturated heterocycles. The molecule has 1 amide bonds. The van der Waals surface area contributed by atoms with Gasteiger partial charge < -0.3 is 10.0 Å². The minimum Gasteiger partial charge on any atom is -0.478 e. The first-order valence-electron chi connectivity index (χ1n) is 9.78. The predicted octanol–water partition coefficient (Wildman–Crippen LogP) is 4.23. The van der Waals surface area contributed by atoms with Gasteiger partial charge in [0.2, 0.25) is 5.91 Å². The number of benzene rings is 3. The average Bonchev–Trinajstić information content (AvgIpc) is 3.49. The molecule has 1 heterocycles. The van der Waals surface area contributed by atoms with Crippen molar-refractivity contribution in [3.8, 4) is 6.07 Å². The van der Waals surface area contributed by atoms with Crippen LogP contribution in [0, 0.1) is 11.3 Å². The second-order valence-corrected chi connectivity index (χ2v) is 7.88. The van der Waals surface area contributed by atoms with Crippen molar-refractivity contribution in [3.63, 3.8) is 0 Å². The largest absolute Gasteiger partial charge is 0.478 e. The first-order chi connectivity index (χ1) is 14.5. The molecular weight excluding hydrogens is 376 g/mol. The number of carbonyl (C=O) groups is 2. The molecule has 1 aliphatic carbocycles. The van der Waals surface area contributed by atoms with Crippen molar-refractivity contribution in [1.82, 2.24) is 0 Å². The number of carboxylic acids is 1. The maximum Gasteiger partial charge on any atom is 0.335 e. The van der Waals surface area contributed by atoms with Gasteiger partial charge in [-0.1, -0.05) is 42.5 Å². The maximum atomic E-state index is 13.6. The highest BCUT2D eigenvalue weighted by Crippen LogP contribution is 2.66. The number of amides is 1. The number of rotatable bonds is 4. The van der Waals surface area contributed by atoms with Gasteiger partial charge in [-0.15, -0.1) is 0 Å². The van der Waals surface area contributed by atoms with Crippen molar-refractivity contribution >= 4 is 17.6 Å². The molecule has 0 radical (unpaired) electrons. The van der Waals surface area contributed by atoms with E-state index < -0.39 is 11.4 Å². The average molecular weight is 394 g/mol. The van der Waals surface area contributed by atoms with Crippen molar-refractivity contribution in [1.29, 1.82) is 5.26 Å². The zero-order valence-corrected chi connectivity index (χ0v) is 16.1. The monoisotopic (exact) mass is 394 g/mol. The van der Waals surface area contributed by atoms with Crippen molar-refractivity contribution in [2.24, 2.45) is 0 Å². The lowest BCUT2D eigenvalue weighted by atomic mass is 9.92. The molecule has 2 aliphatic rings. The van der Waals surface area contributed by atoms with Crippen LogP contribution in [0.3, 0.4) is 0 Å². The smallest absolute Gasteiger partial charge is 0.335 e. The van der Waals surface area contributed by atoms with Crippen LogP contribution >= 0.6 is 0 Å². The Morgan fingerprint density at radius 2 is 1.87 bits per heavy atom. The van der Waals surface area contributed by atoms with Crippen LogP contribution in [0.2, 0.25) is 0 Å². The van der Waals surface area contributed by atoms with Gasteiger partial charge in [-0.25, -0.2) is 4.79 Å². The van der Waals surface area contributed by atoms with E-state index in [-0.39, 0.29) is 17.4 Å². The second-order valence-electron chi connectivity index (χ2n) is 7.88. The van der Waals surface area contributed by atoms with Gasteiger partial charge in [0, 0.05) is 11.6 Å². The molecule has 5 rings (SSSR count). The molecule has 1 N–H and O–H groups in total. The second kappa shape index (κ2) is 6.57. The number of anilines is 1. The summed E-state index contributed by atoms with van der Waals surface area (Å²) in [5.74, 6) is -0.849. The van der Waals surface area contributed by atoms with Crippen LogP contribution in [0.1, 0.15) is 45.0 Å². The summed E-state index contributed by atoms with van der Waals surface area (Å²) in [6.07, 6.45) is 0.737. The number of carbonyl (C=O) groups excluding carboxylic acids is 1. The van der Waals surface area contributed by atoms with Gasteiger partial charge in [0.15, 0.2) is 0 Å². The predicted molar refractivity (Wildman–Crippen MR) is 111 cm³/mol. The van der Waals surface area contributed by atoms with Gasteiger partial charge in [-0.3, -0.25) is 4.79 Å². The molecule has 1 saturated carbocycles. The number of hydrogen-bond donors (Lipinski definition) is 1. The highest BCUT2D eigenvalue weighted by molar-refractivity contribution is 6.11. The molecule has 30 heavy (non-hydrogen) atoms. The number of nitrogens with zero attached hydrogens (tertiary/aromatic N) is 2. The number of para-hydroxylation sites is 1. The third-order valence-electron chi connectivity index (χ3n) is 6.22. The van der Waals surface area contributed by atoms with Gasteiger partial charge >= 0.3 is 5.97 Å². The lowest BCUT2D eigenvalue weighted by Gasteiger charge is -2.19. The van der Waals surface area contributed by atoms with Crippen LogP contribution < -0.4 is 4.90 Å². The summed E-state index contributed by atoms with van der Waals surface area (Å²) in [6.45, 7) is 0.332. The number of fused-ring (bicyclic) bond motifs is 2. The molecule has 5 nitrogen and oxygen atoms in total. The van der Waals surface area contributed by atoms with Crippen LogP contribution in [-0.2, 0) is 16.8 Å². The van der Waals surface area contributed by atoms with E-state index in [1.807, 2.05) is 42.5 Å². The maximum absolute atomic E-state index is 13.6. The van der Waals surface area contributed by atoms with E-state index in [0.717, 1.165) is 28.8 Å². The van der Waals surface area contributed by atoms with E-state index >= 15 is 0 Å². The molecule has 0 aromatic heterocycles. The minimum absolute atomic E-state index is 0.0544. The van der Waals surface area contributed by atoms with Crippen molar-refractivity contribution in [3.05, 3.63) is 101 Å². The highest BCUT2D eigenvalue weighted by Gasteiger charge is 2.66. The topological polar surface area (TPSA) is 81.4 Å². The Morgan fingerprint density at radius 1 is 1.10 bits per heavy atom. The summed E-state index contributed by atoms with van der Waals surface area (Å²) >= 11 is 0. The van der Waals surface area contributed by atoms with Gasteiger partial charge in [0.05, 0.1) is 29.2 Å². The number of carboxylic acid groups (broad SMARTS) is 1. The Bertz CT molecular complexity index is 1230. The van der Waals surface area contributed by atoms with Crippen LogP contribution in [-0.4, -0.2) is 17.0 Å². The zero-order valence-electron chi connectivity index (χ0n) is 16.1. The molecular formula is C25H18N2O3. The van der Waals surface area contributed by atoms with E-state index in [2.05, 4.69) is 6.07 Å². The summed E-state index contributed by atoms with van der Waals surface area (Å²) in [7, 11) is 0. The zero-order chi connectivity index (χ0) is 20.9. The molecule has 1 unspecified atom stereocenters. The van der Waals surface area contributed by atoms with E-state index in [1.54, 1.807) is 35.2 Å². The first-order valence-corrected chi connectivity index (χ1v) is 9.78. The van der Waals surface area contributed by atoms with E-state index in [1.165, 1.54) is 0 Å². The molecule has 1 fully saturated rings. The summed E-state index contributed by atoms with van der Waals surface area (Å²) in [6, 6.07) is 24.2.